The number of aliphatic hydroxyl groups excluding tert-OH is 1. The van der Waals surface area contributed by atoms with Gasteiger partial charge in [0, 0.05) is 12.6 Å². The Labute approximate surface area is 115 Å². The van der Waals surface area contributed by atoms with E-state index in [4.69, 9.17) is 5.11 Å². The second kappa shape index (κ2) is 7.28. The van der Waals surface area contributed by atoms with E-state index in [2.05, 4.69) is 20.6 Å². The van der Waals surface area contributed by atoms with Crippen molar-refractivity contribution in [2.75, 3.05) is 23.8 Å². The maximum Gasteiger partial charge on any atom is 0.433 e. The number of aromatic nitrogens is 2. The highest BCUT2D eigenvalue weighted by atomic mass is 19.4. The molecule has 1 heterocycles. The molecule has 1 rings (SSSR count). The topological polar surface area (TPSA) is 70.1 Å². The lowest BCUT2D eigenvalue weighted by Crippen LogP contribution is -2.24. The Morgan fingerprint density at radius 3 is 2.50 bits per heavy atom. The molecular formula is C12H19F3N4O. The van der Waals surface area contributed by atoms with Gasteiger partial charge in [0.1, 0.15) is 5.82 Å². The summed E-state index contributed by atoms with van der Waals surface area (Å²) in [6, 6.07) is 0.500. The first kappa shape index (κ1) is 16.5. The number of anilines is 2. The molecule has 1 aromatic heterocycles. The minimum absolute atomic E-state index is 0.0480. The Hall–Kier alpha value is -1.57. The van der Waals surface area contributed by atoms with Crippen LogP contribution in [0.5, 0.6) is 0 Å². The minimum atomic E-state index is -4.54. The molecule has 1 aromatic rings. The van der Waals surface area contributed by atoms with Crippen LogP contribution >= 0.6 is 0 Å². The van der Waals surface area contributed by atoms with Gasteiger partial charge in [0.15, 0.2) is 5.69 Å². The first-order valence-electron chi connectivity index (χ1n) is 6.48. The van der Waals surface area contributed by atoms with E-state index >= 15 is 0 Å². The monoisotopic (exact) mass is 292 g/mol. The largest absolute Gasteiger partial charge is 0.433 e. The molecular weight excluding hydrogens is 273 g/mol. The summed E-state index contributed by atoms with van der Waals surface area (Å²) in [6.45, 7) is 4.01. The van der Waals surface area contributed by atoms with E-state index in [0.29, 0.717) is 13.0 Å². The van der Waals surface area contributed by atoms with Crippen LogP contribution in [0.1, 0.15) is 32.4 Å². The van der Waals surface area contributed by atoms with Crippen molar-refractivity contribution in [3.63, 3.8) is 0 Å². The summed E-state index contributed by atoms with van der Waals surface area (Å²) in [5, 5.41) is 14.6. The Balaban J connectivity index is 3.03. The van der Waals surface area contributed by atoms with Gasteiger partial charge in [-0.15, -0.1) is 0 Å². The number of rotatable bonds is 7. The highest BCUT2D eigenvalue weighted by Gasteiger charge is 2.33. The molecule has 3 N–H and O–H groups in total. The molecule has 0 amide bonds. The van der Waals surface area contributed by atoms with Gasteiger partial charge in [-0.25, -0.2) is 4.98 Å². The summed E-state index contributed by atoms with van der Waals surface area (Å²) in [4.78, 5) is 7.43. The van der Waals surface area contributed by atoms with Crippen molar-refractivity contribution >= 4 is 11.8 Å². The molecule has 0 aromatic carbocycles. The van der Waals surface area contributed by atoms with Crippen LogP contribution in [-0.4, -0.2) is 34.3 Å². The number of nitrogens with one attached hydrogen (secondary N) is 2. The van der Waals surface area contributed by atoms with Gasteiger partial charge in [0.2, 0.25) is 5.95 Å². The molecule has 0 saturated heterocycles. The average molecular weight is 292 g/mol. The molecule has 0 spiro atoms. The zero-order valence-electron chi connectivity index (χ0n) is 11.5. The van der Waals surface area contributed by atoms with Crippen molar-refractivity contribution in [2.45, 2.75) is 38.9 Å². The van der Waals surface area contributed by atoms with Gasteiger partial charge >= 0.3 is 6.18 Å². The second-order valence-electron chi connectivity index (χ2n) is 4.32. The van der Waals surface area contributed by atoms with Gasteiger partial charge in [-0.2, -0.15) is 18.2 Å². The third-order valence-corrected chi connectivity index (χ3v) is 2.61. The number of nitrogens with zero attached hydrogens (tertiary/aromatic N) is 2. The van der Waals surface area contributed by atoms with Crippen molar-refractivity contribution in [1.82, 2.24) is 9.97 Å². The first-order valence-corrected chi connectivity index (χ1v) is 6.48. The fourth-order valence-corrected chi connectivity index (χ4v) is 1.47. The maximum absolute atomic E-state index is 12.8. The van der Waals surface area contributed by atoms with Crippen LogP contribution in [0.3, 0.4) is 0 Å². The Morgan fingerprint density at radius 2 is 2.00 bits per heavy atom. The molecule has 0 aliphatic rings. The number of aliphatic hydroxyl groups is 1. The van der Waals surface area contributed by atoms with Crippen LogP contribution in [-0.2, 0) is 6.18 Å². The molecule has 1 atom stereocenters. The van der Waals surface area contributed by atoms with Crippen LogP contribution < -0.4 is 10.6 Å². The van der Waals surface area contributed by atoms with E-state index < -0.39 is 11.9 Å². The Morgan fingerprint density at radius 1 is 1.30 bits per heavy atom. The second-order valence-corrected chi connectivity index (χ2v) is 4.32. The molecule has 0 aliphatic carbocycles. The molecule has 1 unspecified atom stereocenters. The SMILES string of the molecule is CCCNc1nc(NC(CC)CO)cc(C(F)(F)F)n1. The lowest BCUT2D eigenvalue weighted by atomic mass is 10.2. The molecule has 0 saturated carbocycles. The van der Waals surface area contributed by atoms with E-state index in [-0.39, 0.29) is 24.4 Å². The van der Waals surface area contributed by atoms with Gasteiger partial charge < -0.3 is 15.7 Å². The van der Waals surface area contributed by atoms with E-state index in [1.165, 1.54) is 0 Å². The van der Waals surface area contributed by atoms with Gasteiger partial charge in [-0.1, -0.05) is 13.8 Å². The molecule has 114 valence electrons. The van der Waals surface area contributed by atoms with Crippen LogP contribution in [0.15, 0.2) is 6.07 Å². The van der Waals surface area contributed by atoms with Crippen LogP contribution in [0, 0.1) is 0 Å². The molecule has 0 fully saturated rings. The van der Waals surface area contributed by atoms with Crippen molar-refractivity contribution < 1.29 is 18.3 Å². The van der Waals surface area contributed by atoms with Gasteiger partial charge in [0.25, 0.3) is 0 Å². The molecule has 0 radical (unpaired) electrons. The highest BCUT2D eigenvalue weighted by molar-refractivity contribution is 5.43. The summed E-state index contributed by atoms with van der Waals surface area (Å²) in [5.41, 5.74) is -1.01. The average Bonchev–Trinajstić information content (AvgIpc) is 2.41. The fourth-order valence-electron chi connectivity index (χ4n) is 1.47. The predicted molar refractivity (Wildman–Crippen MR) is 70.6 cm³/mol. The number of alkyl halides is 3. The number of hydrogen-bond donors (Lipinski definition) is 3. The van der Waals surface area contributed by atoms with Gasteiger partial charge in [-0.3, -0.25) is 0 Å². The highest BCUT2D eigenvalue weighted by Crippen LogP contribution is 2.29. The number of halogens is 3. The van der Waals surface area contributed by atoms with Crippen molar-refractivity contribution in [1.29, 1.82) is 0 Å². The smallest absolute Gasteiger partial charge is 0.394 e. The molecule has 8 heteroatoms. The third-order valence-electron chi connectivity index (χ3n) is 2.61. The summed E-state index contributed by atoms with van der Waals surface area (Å²) in [6.07, 6.45) is -3.22. The van der Waals surface area contributed by atoms with E-state index in [1.807, 2.05) is 13.8 Å². The molecule has 20 heavy (non-hydrogen) atoms. The lowest BCUT2D eigenvalue weighted by Gasteiger charge is -2.17. The standard InChI is InChI=1S/C12H19F3N4O/c1-3-5-16-11-18-9(12(13,14)15)6-10(19-11)17-8(4-2)7-20/h6,8,20H,3-5,7H2,1-2H3,(H2,16,17,18,19). The zero-order valence-corrected chi connectivity index (χ0v) is 11.5. The fraction of sp³-hybridized carbons (Fsp3) is 0.667. The van der Waals surface area contributed by atoms with Gasteiger partial charge in [-0.05, 0) is 12.8 Å². The summed E-state index contributed by atoms with van der Waals surface area (Å²) >= 11 is 0. The summed E-state index contributed by atoms with van der Waals surface area (Å²) < 4.78 is 38.3. The minimum Gasteiger partial charge on any atom is -0.394 e. The summed E-state index contributed by atoms with van der Waals surface area (Å²) in [7, 11) is 0. The maximum atomic E-state index is 12.8. The number of hydrogen-bond acceptors (Lipinski definition) is 5. The van der Waals surface area contributed by atoms with E-state index in [1.54, 1.807) is 0 Å². The summed E-state index contributed by atoms with van der Waals surface area (Å²) in [5.74, 6) is -0.0243. The molecule has 5 nitrogen and oxygen atoms in total. The first-order chi connectivity index (χ1) is 9.40. The predicted octanol–water partition coefficient (Wildman–Crippen LogP) is 2.50. The van der Waals surface area contributed by atoms with Crippen LogP contribution in [0.2, 0.25) is 0 Å². The van der Waals surface area contributed by atoms with Gasteiger partial charge in [0.05, 0.1) is 12.6 Å². The molecule has 0 aliphatic heterocycles. The van der Waals surface area contributed by atoms with Crippen molar-refractivity contribution in [2.24, 2.45) is 0 Å². The lowest BCUT2D eigenvalue weighted by molar-refractivity contribution is -0.141. The van der Waals surface area contributed by atoms with Crippen molar-refractivity contribution in [3.8, 4) is 0 Å². The van der Waals surface area contributed by atoms with E-state index in [9.17, 15) is 13.2 Å². The van der Waals surface area contributed by atoms with Crippen LogP contribution in [0.25, 0.3) is 0 Å². The molecule has 0 bridgehead atoms. The van der Waals surface area contributed by atoms with Crippen LogP contribution in [0.4, 0.5) is 24.9 Å². The Kier molecular flexibility index (Phi) is 6.00. The van der Waals surface area contributed by atoms with Crippen molar-refractivity contribution in [3.05, 3.63) is 11.8 Å². The third kappa shape index (κ3) is 4.84. The normalized spacial score (nSPS) is 13.1. The zero-order chi connectivity index (χ0) is 15.2. The quantitative estimate of drug-likeness (QED) is 0.720. The van der Waals surface area contributed by atoms with E-state index in [0.717, 1.165) is 12.5 Å². The Bertz CT molecular complexity index is 422.